The van der Waals surface area contributed by atoms with Crippen LogP contribution in [0.1, 0.15) is 43.4 Å². The van der Waals surface area contributed by atoms with E-state index >= 15 is 0 Å². The van der Waals surface area contributed by atoms with Crippen LogP contribution in [0.3, 0.4) is 0 Å². The van der Waals surface area contributed by atoms with Crippen molar-refractivity contribution in [3.8, 4) is 0 Å². The lowest BCUT2D eigenvalue weighted by atomic mass is 9.75. The maximum Gasteiger partial charge on any atom is 0.149 e. The van der Waals surface area contributed by atoms with Crippen LogP contribution in [0.5, 0.6) is 0 Å². The molecule has 0 atom stereocenters. The summed E-state index contributed by atoms with van der Waals surface area (Å²) in [4.78, 5) is 30.3. The van der Waals surface area contributed by atoms with E-state index < -0.39 is 5.92 Å². The SMILES string of the molecule is CCC(=NOC/C=C/Cl)C1C(=O)CC(c2cn(C)nc2C)CC1=O. The van der Waals surface area contributed by atoms with Crippen LogP contribution in [-0.4, -0.2) is 33.7 Å². The summed E-state index contributed by atoms with van der Waals surface area (Å²) in [5.41, 5.74) is 3.64. The Morgan fingerprint density at radius 3 is 2.62 bits per heavy atom. The largest absolute Gasteiger partial charge is 0.392 e. The minimum absolute atomic E-state index is 0.100. The van der Waals surface area contributed by atoms with Crippen LogP contribution in [0.4, 0.5) is 0 Å². The molecule has 1 aliphatic carbocycles. The van der Waals surface area contributed by atoms with Gasteiger partial charge in [0.1, 0.15) is 24.1 Å². The molecule has 0 amide bonds. The number of rotatable bonds is 6. The van der Waals surface area contributed by atoms with Crippen LogP contribution >= 0.6 is 11.6 Å². The third kappa shape index (κ3) is 4.12. The van der Waals surface area contributed by atoms with Crippen LogP contribution < -0.4 is 0 Å². The normalized spacial score (nSPS) is 22.4. The summed E-state index contributed by atoms with van der Waals surface area (Å²) >= 11 is 5.41. The fourth-order valence-electron chi connectivity index (χ4n) is 3.10. The predicted octanol–water partition coefficient (Wildman–Crippen LogP) is 2.90. The molecule has 1 aliphatic rings. The fourth-order valence-corrected chi connectivity index (χ4v) is 3.18. The fraction of sp³-hybridized carbons (Fsp3) is 0.529. The van der Waals surface area contributed by atoms with Gasteiger partial charge in [-0.3, -0.25) is 14.3 Å². The number of ketones is 2. The Labute approximate surface area is 146 Å². The summed E-state index contributed by atoms with van der Waals surface area (Å²) in [5.74, 6) is -1.09. The Morgan fingerprint density at radius 1 is 1.46 bits per heavy atom. The van der Waals surface area contributed by atoms with Gasteiger partial charge in [-0.05, 0) is 25.0 Å². The predicted molar refractivity (Wildman–Crippen MR) is 92.1 cm³/mol. The molecule has 0 N–H and O–H groups in total. The first-order valence-electron chi connectivity index (χ1n) is 7.97. The second-order valence-electron chi connectivity index (χ2n) is 5.91. The van der Waals surface area contributed by atoms with Crippen LogP contribution in [0.15, 0.2) is 23.0 Å². The molecule has 0 aromatic carbocycles. The highest BCUT2D eigenvalue weighted by molar-refractivity contribution is 6.25. The molecule has 0 radical (unpaired) electrons. The van der Waals surface area contributed by atoms with Gasteiger partial charge in [-0.2, -0.15) is 5.10 Å². The Balaban J connectivity index is 2.14. The molecule has 1 fully saturated rings. The summed E-state index contributed by atoms with van der Waals surface area (Å²) < 4.78 is 1.71. The Hall–Kier alpha value is -1.95. The molecule has 2 rings (SSSR count). The molecule has 7 heteroatoms. The summed E-state index contributed by atoms with van der Waals surface area (Å²) in [6.45, 7) is 3.96. The Morgan fingerprint density at radius 2 is 2.12 bits per heavy atom. The summed E-state index contributed by atoms with van der Waals surface area (Å²) in [7, 11) is 1.83. The quantitative estimate of drug-likeness (QED) is 0.342. The molecule has 0 bridgehead atoms. The molecule has 1 saturated carbocycles. The molecule has 6 nitrogen and oxygen atoms in total. The molecule has 130 valence electrons. The third-order valence-corrected chi connectivity index (χ3v) is 4.35. The van der Waals surface area contributed by atoms with Crippen molar-refractivity contribution in [2.75, 3.05) is 6.61 Å². The van der Waals surface area contributed by atoms with Crippen LogP contribution in [-0.2, 0) is 21.5 Å². The van der Waals surface area contributed by atoms with Gasteiger partial charge in [0.05, 0.1) is 11.4 Å². The third-order valence-electron chi connectivity index (χ3n) is 4.17. The summed E-state index contributed by atoms with van der Waals surface area (Å²) in [6.07, 6.45) is 4.61. The monoisotopic (exact) mass is 351 g/mol. The number of hydrogen-bond donors (Lipinski definition) is 0. The summed E-state index contributed by atoms with van der Waals surface area (Å²) in [5, 5.41) is 8.27. The second kappa shape index (κ2) is 8.24. The van der Waals surface area contributed by atoms with Gasteiger partial charge in [0, 0.05) is 37.5 Å². The van der Waals surface area contributed by atoms with E-state index in [0.717, 1.165) is 11.3 Å². The molecule has 1 aromatic rings. The van der Waals surface area contributed by atoms with Gasteiger partial charge in [0.15, 0.2) is 0 Å². The number of halogens is 1. The van der Waals surface area contributed by atoms with Gasteiger partial charge in [0.2, 0.25) is 0 Å². The first-order chi connectivity index (χ1) is 11.5. The van der Waals surface area contributed by atoms with Crippen LogP contribution in [0.2, 0.25) is 0 Å². The van der Waals surface area contributed by atoms with E-state index in [2.05, 4.69) is 10.3 Å². The van der Waals surface area contributed by atoms with Crippen molar-refractivity contribution in [3.05, 3.63) is 29.1 Å². The van der Waals surface area contributed by atoms with E-state index in [1.807, 2.05) is 27.1 Å². The number of aromatic nitrogens is 2. The second-order valence-corrected chi connectivity index (χ2v) is 6.16. The number of hydrogen-bond acceptors (Lipinski definition) is 5. The Bertz CT molecular complexity index is 661. The van der Waals surface area contributed by atoms with E-state index in [1.54, 1.807) is 10.8 Å². The zero-order valence-corrected chi connectivity index (χ0v) is 14.9. The topological polar surface area (TPSA) is 73.5 Å². The first kappa shape index (κ1) is 18.4. The number of aryl methyl sites for hydroxylation is 2. The van der Waals surface area contributed by atoms with E-state index in [1.165, 1.54) is 5.54 Å². The Kier molecular flexibility index (Phi) is 6.31. The zero-order chi connectivity index (χ0) is 17.7. The minimum atomic E-state index is -0.789. The van der Waals surface area contributed by atoms with Crippen molar-refractivity contribution >= 4 is 28.9 Å². The van der Waals surface area contributed by atoms with E-state index in [9.17, 15) is 9.59 Å². The highest BCUT2D eigenvalue weighted by Crippen LogP contribution is 2.34. The lowest BCUT2D eigenvalue weighted by molar-refractivity contribution is -0.133. The maximum absolute atomic E-state index is 12.6. The number of carbonyl (C=O) groups excluding carboxylic acids is 2. The standard InChI is InChI=1S/C17H22ClN3O3/c1-4-14(20-24-7-5-6-18)17-15(22)8-12(9-16(17)23)13-10-21(3)19-11(13)2/h5-6,10,12,17H,4,7-9H2,1-3H3/b6-5+,20-14?. The van der Waals surface area contributed by atoms with Gasteiger partial charge in [0.25, 0.3) is 0 Å². The lowest BCUT2D eigenvalue weighted by Crippen LogP contribution is -2.38. The molecular weight excluding hydrogens is 330 g/mol. The lowest BCUT2D eigenvalue weighted by Gasteiger charge is -2.26. The molecule has 0 unspecified atom stereocenters. The molecule has 0 saturated heterocycles. The average molecular weight is 352 g/mol. The molecule has 0 aliphatic heterocycles. The zero-order valence-electron chi connectivity index (χ0n) is 14.2. The van der Waals surface area contributed by atoms with Crippen molar-refractivity contribution in [3.63, 3.8) is 0 Å². The highest BCUT2D eigenvalue weighted by Gasteiger charge is 2.39. The van der Waals surface area contributed by atoms with Gasteiger partial charge in [-0.15, -0.1) is 0 Å². The minimum Gasteiger partial charge on any atom is -0.392 e. The highest BCUT2D eigenvalue weighted by atomic mass is 35.5. The van der Waals surface area contributed by atoms with Crippen molar-refractivity contribution in [1.29, 1.82) is 0 Å². The average Bonchev–Trinajstić information content (AvgIpc) is 2.87. The molecule has 0 spiro atoms. The smallest absolute Gasteiger partial charge is 0.149 e. The van der Waals surface area contributed by atoms with Gasteiger partial charge < -0.3 is 4.84 Å². The van der Waals surface area contributed by atoms with Gasteiger partial charge in [-0.1, -0.05) is 23.7 Å². The maximum atomic E-state index is 12.6. The molecular formula is C17H22ClN3O3. The van der Waals surface area contributed by atoms with E-state index in [-0.39, 0.29) is 24.1 Å². The molecule has 24 heavy (non-hydrogen) atoms. The first-order valence-corrected chi connectivity index (χ1v) is 8.41. The van der Waals surface area contributed by atoms with E-state index in [0.29, 0.717) is 25.0 Å². The van der Waals surface area contributed by atoms with Crippen LogP contribution in [0, 0.1) is 12.8 Å². The van der Waals surface area contributed by atoms with Gasteiger partial charge >= 0.3 is 0 Å². The van der Waals surface area contributed by atoms with Crippen molar-refractivity contribution in [1.82, 2.24) is 9.78 Å². The number of nitrogens with zero attached hydrogens (tertiary/aromatic N) is 3. The van der Waals surface area contributed by atoms with E-state index in [4.69, 9.17) is 16.4 Å². The number of Topliss-reactive ketones (excluding diaryl/α,β-unsaturated/α-hetero) is 2. The van der Waals surface area contributed by atoms with Gasteiger partial charge in [-0.25, -0.2) is 0 Å². The van der Waals surface area contributed by atoms with Crippen molar-refractivity contribution in [2.24, 2.45) is 18.1 Å². The number of carbonyl (C=O) groups is 2. The molecule has 1 heterocycles. The van der Waals surface area contributed by atoms with Crippen LogP contribution in [0.25, 0.3) is 0 Å². The van der Waals surface area contributed by atoms with Crippen molar-refractivity contribution in [2.45, 2.75) is 39.0 Å². The van der Waals surface area contributed by atoms with Crippen molar-refractivity contribution < 1.29 is 14.4 Å². The number of oxime groups is 1. The summed E-state index contributed by atoms with van der Waals surface area (Å²) in [6, 6.07) is 0. The molecule has 1 aromatic heterocycles.